The maximum atomic E-state index is 11.4. The molecule has 1 rings (SSSR count). The normalized spacial score (nSPS) is 25.2. The van der Waals surface area contributed by atoms with Crippen LogP contribution >= 0.6 is 0 Å². The first-order valence-corrected chi connectivity index (χ1v) is 6.09. The molecule has 1 aliphatic rings. The van der Waals surface area contributed by atoms with Gasteiger partial charge in [-0.15, -0.1) is 0 Å². The number of nitrogens with one attached hydrogen (secondary N) is 2. The number of carboxylic acid groups (broad SMARTS) is 1. The number of rotatable bonds is 5. The molecule has 0 radical (unpaired) electrons. The van der Waals surface area contributed by atoms with E-state index in [4.69, 9.17) is 15.3 Å². The largest absolute Gasteiger partial charge is 0.479 e. The maximum Gasteiger partial charge on any atom is 0.334 e. The zero-order valence-electron chi connectivity index (χ0n) is 10.1. The van der Waals surface area contributed by atoms with Crippen molar-refractivity contribution >= 4 is 12.0 Å². The molecule has 0 aromatic heterocycles. The van der Waals surface area contributed by atoms with Crippen LogP contribution in [0.25, 0.3) is 0 Å². The Bertz CT molecular complexity index is 297. The van der Waals surface area contributed by atoms with Crippen molar-refractivity contribution in [3.63, 3.8) is 0 Å². The minimum atomic E-state index is -1.59. The van der Waals surface area contributed by atoms with Crippen molar-refractivity contribution in [1.82, 2.24) is 10.6 Å². The molecule has 2 amide bonds. The van der Waals surface area contributed by atoms with Crippen molar-refractivity contribution in [1.29, 1.82) is 0 Å². The van der Waals surface area contributed by atoms with E-state index in [9.17, 15) is 9.59 Å². The van der Waals surface area contributed by atoms with Crippen LogP contribution in [0.5, 0.6) is 0 Å². The molecule has 104 valence electrons. The summed E-state index contributed by atoms with van der Waals surface area (Å²) in [6.45, 7) is -0.200. The number of carbonyl (C=O) groups is 2. The molecule has 0 aliphatic heterocycles. The van der Waals surface area contributed by atoms with E-state index in [-0.39, 0.29) is 25.1 Å². The van der Waals surface area contributed by atoms with Gasteiger partial charge in [0.1, 0.15) is 0 Å². The summed E-state index contributed by atoms with van der Waals surface area (Å²) in [5, 5.41) is 31.5. The average Bonchev–Trinajstić information content (AvgIpc) is 2.36. The molecule has 18 heavy (non-hydrogen) atoms. The van der Waals surface area contributed by atoms with E-state index in [1.807, 2.05) is 0 Å². The summed E-state index contributed by atoms with van der Waals surface area (Å²) >= 11 is 0. The highest BCUT2D eigenvalue weighted by Crippen LogP contribution is 2.23. The van der Waals surface area contributed by atoms with Crippen LogP contribution in [0, 0.1) is 5.92 Å². The quantitative estimate of drug-likeness (QED) is 0.447. The fraction of sp³-hybridized carbons (Fsp3) is 0.818. The van der Waals surface area contributed by atoms with E-state index < -0.39 is 18.1 Å². The van der Waals surface area contributed by atoms with Crippen LogP contribution in [-0.4, -0.2) is 52.6 Å². The summed E-state index contributed by atoms with van der Waals surface area (Å²) in [6, 6.07) is -0.489. The van der Waals surface area contributed by atoms with Gasteiger partial charge in [-0.2, -0.15) is 0 Å². The van der Waals surface area contributed by atoms with Crippen molar-refractivity contribution in [2.24, 2.45) is 5.92 Å². The first-order valence-electron chi connectivity index (χ1n) is 6.09. The molecule has 3 unspecified atom stereocenters. The zero-order chi connectivity index (χ0) is 13.5. The van der Waals surface area contributed by atoms with Gasteiger partial charge in [0, 0.05) is 12.6 Å². The number of aliphatic carboxylic acids is 1. The summed E-state index contributed by atoms with van der Waals surface area (Å²) in [5.74, 6) is -1.15. The first kappa shape index (κ1) is 14.7. The van der Waals surface area contributed by atoms with Crippen molar-refractivity contribution in [3.8, 4) is 0 Å². The van der Waals surface area contributed by atoms with Gasteiger partial charge in [0.2, 0.25) is 0 Å². The van der Waals surface area contributed by atoms with Crippen molar-refractivity contribution < 1.29 is 24.9 Å². The number of carbonyl (C=O) groups excluding carboxylic acids is 1. The standard InChI is InChI=1S/C11H20N2O5/c14-6-7-2-1-3-8(4-7)13-11(18)12-5-9(15)10(16)17/h7-9,14-15H,1-6H2,(H,16,17)(H2,12,13,18). The third kappa shape index (κ3) is 4.89. The molecule has 1 aliphatic carbocycles. The Hall–Kier alpha value is -1.34. The molecular weight excluding hydrogens is 240 g/mol. The van der Waals surface area contributed by atoms with Gasteiger partial charge in [0.25, 0.3) is 0 Å². The molecule has 0 bridgehead atoms. The topological polar surface area (TPSA) is 119 Å². The van der Waals surface area contributed by atoms with Crippen molar-refractivity contribution in [2.45, 2.75) is 37.8 Å². The summed E-state index contributed by atoms with van der Waals surface area (Å²) in [5.41, 5.74) is 0. The summed E-state index contributed by atoms with van der Waals surface area (Å²) in [6.07, 6.45) is 1.91. The molecule has 3 atom stereocenters. The Balaban J connectivity index is 2.25. The lowest BCUT2D eigenvalue weighted by Crippen LogP contribution is -2.47. The molecular formula is C11H20N2O5. The molecule has 7 nitrogen and oxygen atoms in total. The lowest BCUT2D eigenvalue weighted by molar-refractivity contribution is -0.146. The number of carboxylic acids is 1. The summed E-state index contributed by atoms with van der Waals surface area (Å²) in [7, 11) is 0. The van der Waals surface area contributed by atoms with Crippen LogP contribution in [0.4, 0.5) is 4.79 Å². The number of hydrogen-bond donors (Lipinski definition) is 5. The van der Waals surface area contributed by atoms with Gasteiger partial charge in [-0.25, -0.2) is 9.59 Å². The number of aliphatic hydroxyl groups is 2. The number of hydrogen-bond acceptors (Lipinski definition) is 4. The first-order chi connectivity index (χ1) is 8.52. The van der Waals surface area contributed by atoms with E-state index in [1.165, 1.54) is 0 Å². The lowest BCUT2D eigenvalue weighted by atomic mass is 9.86. The van der Waals surface area contributed by atoms with E-state index in [2.05, 4.69) is 10.6 Å². The summed E-state index contributed by atoms with van der Waals surface area (Å²) in [4.78, 5) is 21.8. The van der Waals surface area contributed by atoms with Gasteiger partial charge in [-0.1, -0.05) is 6.42 Å². The van der Waals surface area contributed by atoms with Crippen molar-refractivity contribution in [3.05, 3.63) is 0 Å². The van der Waals surface area contributed by atoms with E-state index in [0.29, 0.717) is 0 Å². The molecule has 0 heterocycles. The Kier molecular flexibility index (Phi) is 5.87. The van der Waals surface area contributed by atoms with Crippen LogP contribution in [0.1, 0.15) is 25.7 Å². The Morgan fingerprint density at radius 3 is 2.67 bits per heavy atom. The van der Waals surface area contributed by atoms with Gasteiger partial charge >= 0.3 is 12.0 Å². The second-order valence-electron chi connectivity index (χ2n) is 4.62. The van der Waals surface area contributed by atoms with Crippen LogP contribution in [-0.2, 0) is 4.79 Å². The van der Waals surface area contributed by atoms with E-state index in [1.54, 1.807) is 0 Å². The van der Waals surface area contributed by atoms with Gasteiger partial charge in [0.15, 0.2) is 6.10 Å². The predicted molar refractivity (Wildman–Crippen MR) is 63.0 cm³/mol. The minimum Gasteiger partial charge on any atom is -0.479 e. The molecule has 1 saturated carbocycles. The Labute approximate surface area is 105 Å². The SMILES string of the molecule is O=C(NCC(O)C(=O)O)NC1CCCC(CO)C1. The third-order valence-corrected chi connectivity index (χ3v) is 3.12. The zero-order valence-corrected chi connectivity index (χ0v) is 10.1. The molecule has 0 spiro atoms. The van der Waals surface area contributed by atoms with E-state index >= 15 is 0 Å². The lowest BCUT2D eigenvalue weighted by Gasteiger charge is -2.28. The van der Waals surface area contributed by atoms with Crippen LogP contribution in [0.3, 0.4) is 0 Å². The Morgan fingerprint density at radius 1 is 1.33 bits per heavy atom. The Morgan fingerprint density at radius 2 is 2.06 bits per heavy atom. The van der Waals surface area contributed by atoms with Gasteiger partial charge in [-0.05, 0) is 25.2 Å². The fourth-order valence-electron chi connectivity index (χ4n) is 2.10. The number of urea groups is 1. The highest BCUT2D eigenvalue weighted by Gasteiger charge is 2.23. The maximum absolute atomic E-state index is 11.4. The molecule has 7 heteroatoms. The van der Waals surface area contributed by atoms with Gasteiger partial charge in [0.05, 0.1) is 6.54 Å². The number of aliphatic hydroxyl groups excluding tert-OH is 2. The van der Waals surface area contributed by atoms with Crippen LogP contribution in [0.15, 0.2) is 0 Å². The van der Waals surface area contributed by atoms with Crippen molar-refractivity contribution in [2.75, 3.05) is 13.2 Å². The third-order valence-electron chi connectivity index (χ3n) is 3.12. The summed E-state index contributed by atoms with van der Waals surface area (Å²) < 4.78 is 0. The van der Waals surface area contributed by atoms with Crippen LogP contribution < -0.4 is 10.6 Å². The molecule has 0 saturated heterocycles. The molecule has 5 N–H and O–H groups in total. The highest BCUT2D eigenvalue weighted by atomic mass is 16.4. The average molecular weight is 260 g/mol. The van der Waals surface area contributed by atoms with Crippen LogP contribution in [0.2, 0.25) is 0 Å². The second kappa shape index (κ2) is 7.17. The van der Waals surface area contributed by atoms with E-state index in [0.717, 1.165) is 25.7 Å². The second-order valence-corrected chi connectivity index (χ2v) is 4.62. The highest BCUT2D eigenvalue weighted by molar-refractivity contribution is 5.76. The number of amides is 2. The van der Waals surface area contributed by atoms with Gasteiger partial charge < -0.3 is 26.0 Å². The molecule has 1 fully saturated rings. The predicted octanol–water partition coefficient (Wildman–Crippen LogP) is -0.718. The minimum absolute atomic E-state index is 0.00197. The smallest absolute Gasteiger partial charge is 0.334 e. The molecule has 0 aromatic carbocycles. The van der Waals surface area contributed by atoms with Gasteiger partial charge in [-0.3, -0.25) is 0 Å². The molecule has 0 aromatic rings. The monoisotopic (exact) mass is 260 g/mol. The fourth-order valence-corrected chi connectivity index (χ4v) is 2.10.